The summed E-state index contributed by atoms with van der Waals surface area (Å²) in [6, 6.07) is 6.51. The van der Waals surface area contributed by atoms with Crippen LogP contribution in [0.1, 0.15) is 20.8 Å². The van der Waals surface area contributed by atoms with E-state index in [0.717, 1.165) is 5.33 Å². The standard InChI is InChI=1S/C13H18BrFO/c1-13(2,3)10(8-14)9-16-12-7-5-4-6-11(12)15/h4-7,10H,8-9H2,1-3H3. The SMILES string of the molecule is CC(C)(C)C(CBr)COc1ccccc1F. The first-order valence-electron chi connectivity index (χ1n) is 5.38. The van der Waals surface area contributed by atoms with Gasteiger partial charge >= 0.3 is 0 Å². The first kappa shape index (κ1) is 13.5. The smallest absolute Gasteiger partial charge is 0.165 e. The molecule has 0 amide bonds. The minimum absolute atomic E-state index is 0.148. The van der Waals surface area contributed by atoms with Crippen molar-refractivity contribution >= 4 is 15.9 Å². The van der Waals surface area contributed by atoms with Crippen LogP contribution in [0.25, 0.3) is 0 Å². The lowest BCUT2D eigenvalue weighted by Crippen LogP contribution is -2.28. The molecule has 0 aliphatic rings. The Morgan fingerprint density at radius 1 is 1.31 bits per heavy atom. The Morgan fingerprint density at radius 3 is 2.44 bits per heavy atom. The molecular weight excluding hydrogens is 271 g/mol. The fourth-order valence-corrected chi connectivity index (χ4v) is 2.44. The van der Waals surface area contributed by atoms with E-state index in [1.807, 2.05) is 0 Å². The molecule has 90 valence electrons. The second-order valence-corrected chi connectivity index (χ2v) is 5.61. The number of para-hydroxylation sites is 1. The highest BCUT2D eigenvalue weighted by Crippen LogP contribution is 2.28. The maximum Gasteiger partial charge on any atom is 0.165 e. The van der Waals surface area contributed by atoms with Gasteiger partial charge in [-0.2, -0.15) is 0 Å². The second-order valence-electron chi connectivity index (χ2n) is 4.96. The Bertz CT molecular complexity index is 333. The Hall–Kier alpha value is -0.570. The maximum atomic E-state index is 13.3. The lowest BCUT2D eigenvalue weighted by atomic mass is 9.83. The average molecular weight is 289 g/mol. The van der Waals surface area contributed by atoms with Gasteiger partial charge in [-0.3, -0.25) is 0 Å². The predicted octanol–water partition coefficient (Wildman–Crippen LogP) is 4.26. The van der Waals surface area contributed by atoms with E-state index >= 15 is 0 Å². The molecule has 1 atom stereocenters. The number of ether oxygens (including phenoxy) is 1. The van der Waals surface area contributed by atoms with Crippen molar-refractivity contribution in [3.63, 3.8) is 0 Å². The van der Waals surface area contributed by atoms with E-state index in [0.29, 0.717) is 18.3 Å². The second kappa shape index (κ2) is 5.67. The maximum absolute atomic E-state index is 13.3. The van der Waals surface area contributed by atoms with Gasteiger partial charge in [-0.05, 0) is 17.5 Å². The van der Waals surface area contributed by atoms with E-state index in [9.17, 15) is 4.39 Å². The molecule has 3 heteroatoms. The molecule has 0 spiro atoms. The van der Waals surface area contributed by atoms with Gasteiger partial charge in [0, 0.05) is 11.2 Å². The van der Waals surface area contributed by atoms with Crippen LogP contribution in [0.3, 0.4) is 0 Å². The molecule has 0 saturated heterocycles. The molecule has 0 N–H and O–H groups in total. The predicted molar refractivity (Wildman–Crippen MR) is 68.6 cm³/mol. The number of alkyl halides is 1. The van der Waals surface area contributed by atoms with Gasteiger partial charge in [0.05, 0.1) is 6.61 Å². The number of rotatable bonds is 4. The van der Waals surface area contributed by atoms with E-state index in [2.05, 4.69) is 36.7 Å². The Balaban J connectivity index is 2.60. The van der Waals surface area contributed by atoms with Crippen LogP contribution < -0.4 is 4.74 Å². The molecule has 0 aromatic heterocycles. The molecule has 1 nitrogen and oxygen atoms in total. The zero-order valence-corrected chi connectivity index (χ0v) is 11.6. The summed E-state index contributed by atoms with van der Waals surface area (Å²) in [7, 11) is 0. The van der Waals surface area contributed by atoms with Crippen molar-refractivity contribution in [1.82, 2.24) is 0 Å². The van der Waals surface area contributed by atoms with E-state index < -0.39 is 0 Å². The molecule has 0 heterocycles. The zero-order chi connectivity index (χ0) is 12.2. The van der Waals surface area contributed by atoms with E-state index in [4.69, 9.17) is 4.74 Å². The number of halogens is 2. The molecule has 0 saturated carbocycles. The fraction of sp³-hybridized carbons (Fsp3) is 0.538. The van der Waals surface area contributed by atoms with Crippen molar-refractivity contribution < 1.29 is 9.13 Å². The van der Waals surface area contributed by atoms with Crippen molar-refractivity contribution in [2.75, 3.05) is 11.9 Å². The topological polar surface area (TPSA) is 9.23 Å². The third-order valence-electron chi connectivity index (χ3n) is 2.69. The first-order valence-corrected chi connectivity index (χ1v) is 6.50. The van der Waals surface area contributed by atoms with E-state index in [-0.39, 0.29) is 11.2 Å². The third kappa shape index (κ3) is 3.78. The molecule has 1 rings (SSSR count). The quantitative estimate of drug-likeness (QED) is 0.752. The van der Waals surface area contributed by atoms with Gasteiger partial charge in [0.2, 0.25) is 0 Å². The lowest BCUT2D eigenvalue weighted by molar-refractivity contribution is 0.162. The normalized spacial score (nSPS) is 13.6. The van der Waals surface area contributed by atoms with Gasteiger partial charge in [-0.15, -0.1) is 0 Å². The summed E-state index contributed by atoms with van der Waals surface area (Å²) in [6.45, 7) is 6.99. The minimum Gasteiger partial charge on any atom is -0.490 e. The van der Waals surface area contributed by atoms with Gasteiger partial charge in [-0.1, -0.05) is 48.8 Å². The van der Waals surface area contributed by atoms with Crippen molar-refractivity contribution in [3.8, 4) is 5.75 Å². The molecular formula is C13H18BrFO. The van der Waals surface area contributed by atoms with Crippen LogP contribution in [0.5, 0.6) is 5.75 Å². The van der Waals surface area contributed by atoms with Crippen LogP contribution in [-0.4, -0.2) is 11.9 Å². The highest BCUT2D eigenvalue weighted by molar-refractivity contribution is 9.09. The van der Waals surface area contributed by atoms with Crippen LogP contribution in [0, 0.1) is 17.2 Å². The molecule has 0 aliphatic carbocycles. The average Bonchev–Trinajstić information content (AvgIpc) is 2.19. The van der Waals surface area contributed by atoms with Crippen molar-refractivity contribution in [3.05, 3.63) is 30.1 Å². The molecule has 0 aliphatic heterocycles. The molecule has 0 bridgehead atoms. The van der Waals surface area contributed by atoms with Gasteiger partial charge in [0.1, 0.15) is 0 Å². The largest absolute Gasteiger partial charge is 0.490 e. The fourth-order valence-electron chi connectivity index (χ4n) is 1.28. The van der Waals surface area contributed by atoms with Gasteiger partial charge in [-0.25, -0.2) is 4.39 Å². The number of hydrogen-bond donors (Lipinski definition) is 0. The van der Waals surface area contributed by atoms with Gasteiger partial charge in [0.15, 0.2) is 11.6 Å². The van der Waals surface area contributed by atoms with Gasteiger partial charge in [0.25, 0.3) is 0 Å². The van der Waals surface area contributed by atoms with Crippen molar-refractivity contribution in [2.24, 2.45) is 11.3 Å². The summed E-state index contributed by atoms with van der Waals surface area (Å²) >= 11 is 3.47. The number of hydrogen-bond acceptors (Lipinski definition) is 1. The summed E-state index contributed by atoms with van der Waals surface area (Å²) in [5.41, 5.74) is 0.148. The summed E-state index contributed by atoms with van der Waals surface area (Å²) in [4.78, 5) is 0. The van der Waals surface area contributed by atoms with Crippen LogP contribution in [0.4, 0.5) is 4.39 Å². The summed E-state index contributed by atoms with van der Waals surface area (Å²) in [5.74, 6) is 0.384. The molecule has 1 aromatic rings. The van der Waals surface area contributed by atoms with Crippen molar-refractivity contribution in [1.29, 1.82) is 0 Å². The van der Waals surface area contributed by atoms with Crippen LogP contribution >= 0.6 is 15.9 Å². The molecule has 0 fully saturated rings. The van der Waals surface area contributed by atoms with Crippen molar-refractivity contribution in [2.45, 2.75) is 20.8 Å². The van der Waals surface area contributed by atoms with E-state index in [1.165, 1.54) is 6.07 Å². The highest BCUT2D eigenvalue weighted by atomic mass is 79.9. The summed E-state index contributed by atoms with van der Waals surface area (Å²) in [6.07, 6.45) is 0. The molecule has 1 unspecified atom stereocenters. The Labute approximate surface area is 105 Å². The van der Waals surface area contributed by atoms with Crippen LogP contribution in [0.15, 0.2) is 24.3 Å². The molecule has 0 radical (unpaired) electrons. The van der Waals surface area contributed by atoms with Crippen LogP contribution in [0.2, 0.25) is 0 Å². The van der Waals surface area contributed by atoms with E-state index in [1.54, 1.807) is 18.2 Å². The summed E-state index contributed by atoms with van der Waals surface area (Å²) < 4.78 is 18.8. The monoisotopic (exact) mass is 288 g/mol. The van der Waals surface area contributed by atoms with Gasteiger partial charge < -0.3 is 4.74 Å². The zero-order valence-electron chi connectivity index (χ0n) is 9.97. The summed E-state index contributed by atoms with van der Waals surface area (Å²) in [5, 5.41) is 0.852. The van der Waals surface area contributed by atoms with Crippen LogP contribution in [-0.2, 0) is 0 Å². The Morgan fingerprint density at radius 2 is 1.94 bits per heavy atom. The first-order chi connectivity index (χ1) is 7.45. The molecule has 16 heavy (non-hydrogen) atoms. The minimum atomic E-state index is -0.301. The Kier molecular flexibility index (Phi) is 4.78. The third-order valence-corrected chi connectivity index (χ3v) is 3.47. The molecule has 1 aromatic carbocycles. The highest BCUT2D eigenvalue weighted by Gasteiger charge is 2.24. The lowest BCUT2D eigenvalue weighted by Gasteiger charge is -2.29. The number of benzene rings is 1.